The lowest BCUT2D eigenvalue weighted by Crippen LogP contribution is -2.15. The van der Waals surface area contributed by atoms with E-state index in [4.69, 9.17) is 16.3 Å². The summed E-state index contributed by atoms with van der Waals surface area (Å²) < 4.78 is 8.15. The van der Waals surface area contributed by atoms with Gasteiger partial charge in [0.25, 0.3) is 0 Å². The Balaban J connectivity index is 1.77. The Hall–Kier alpha value is -1.13. The van der Waals surface area contributed by atoms with Gasteiger partial charge in [-0.1, -0.05) is 12.8 Å². The first-order valence-electron chi connectivity index (χ1n) is 7.78. The molecule has 0 bridgehead atoms. The van der Waals surface area contributed by atoms with Crippen LogP contribution in [0.15, 0.2) is 12.1 Å². The van der Waals surface area contributed by atoms with E-state index in [2.05, 4.69) is 14.5 Å². The Labute approximate surface area is 130 Å². The summed E-state index contributed by atoms with van der Waals surface area (Å²) in [4.78, 5) is 9.29. The van der Waals surface area contributed by atoms with Gasteiger partial charge in [0.05, 0.1) is 12.7 Å². The van der Waals surface area contributed by atoms with Crippen LogP contribution in [-0.2, 0) is 17.7 Å². The summed E-state index contributed by atoms with van der Waals surface area (Å²) in [5, 5.41) is 0. The standard InChI is InChI=1S/C16H22ClN3O/c1-12-6-7-14-16(18-12)20(15(19-14)8-9-17)10-11-21-13-4-2-3-5-13/h6-7,13H,2-5,8-11H2,1H3. The molecule has 21 heavy (non-hydrogen) atoms. The van der Waals surface area contributed by atoms with Gasteiger partial charge in [-0.05, 0) is 31.9 Å². The summed E-state index contributed by atoms with van der Waals surface area (Å²) in [7, 11) is 0. The van der Waals surface area contributed by atoms with Crippen molar-refractivity contribution in [3.8, 4) is 0 Å². The van der Waals surface area contributed by atoms with E-state index in [1.54, 1.807) is 0 Å². The molecule has 0 aliphatic heterocycles. The maximum absolute atomic E-state index is 5.98. The molecule has 114 valence electrons. The summed E-state index contributed by atoms with van der Waals surface area (Å²) in [6, 6.07) is 4.03. The zero-order valence-corrected chi connectivity index (χ0v) is 13.3. The normalized spacial score (nSPS) is 16.1. The quantitative estimate of drug-likeness (QED) is 0.767. The van der Waals surface area contributed by atoms with Crippen molar-refractivity contribution in [2.75, 3.05) is 12.5 Å². The smallest absolute Gasteiger partial charge is 0.160 e. The zero-order valence-electron chi connectivity index (χ0n) is 12.5. The highest BCUT2D eigenvalue weighted by atomic mass is 35.5. The average molecular weight is 308 g/mol. The van der Waals surface area contributed by atoms with E-state index >= 15 is 0 Å². The molecular formula is C16H22ClN3O. The molecule has 2 heterocycles. The zero-order chi connectivity index (χ0) is 14.7. The molecule has 2 aromatic rings. The van der Waals surface area contributed by atoms with Crippen molar-refractivity contribution in [2.45, 2.75) is 51.7 Å². The Morgan fingerprint density at radius 2 is 2.10 bits per heavy atom. The largest absolute Gasteiger partial charge is 0.376 e. The second-order valence-electron chi connectivity index (χ2n) is 5.69. The number of ether oxygens (including phenoxy) is 1. The number of pyridine rings is 1. The summed E-state index contributed by atoms with van der Waals surface area (Å²) >= 11 is 5.90. The third kappa shape index (κ3) is 3.38. The summed E-state index contributed by atoms with van der Waals surface area (Å²) in [6.45, 7) is 3.53. The van der Waals surface area contributed by atoms with Crippen molar-refractivity contribution >= 4 is 22.8 Å². The summed E-state index contributed by atoms with van der Waals surface area (Å²) in [6.07, 6.45) is 6.23. The van der Waals surface area contributed by atoms with Gasteiger partial charge in [-0.2, -0.15) is 0 Å². The third-order valence-electron chi connectivity index (χ3n) is 4.10. The maximum Gasteiger partial charge on any atom is 0.160 e. The molecule has 1 aliphatic carbocycles. The van der Waals surface area contributed by atoms with E-state index in [-0.39, 0.29) is 0 Å². The lowest BCUT2D eigenvalue weighted by atomic mass is 10.3. The van der Waals surface area contributed by atoms with Crippen molar-refractivity contribution < 1.29 is 4.74 Å². The van der Waals surface area contributed by atoms with Crippen LogP contribution < -0.4 is 0 Å². The van der Waals surface area contributed by atoms with Crippen LogP contribution in [0, 0.1) is 6.92 Å². The lowest BCUT2D eigenvalue weighted by Gasteiger charge is -2.13. The molecule has 0 unspecified atom stereocenters. The van der Waals surface area contributed by atoms with Crippen LogP contribution >= 0.6 is 11.6 Å². The number of rotatable bonds is 6. The average Bonchev–Trinajstić information content (AvgIpc) is 3.08. The minimum absolute atomic E-state index is 0.450. The molecule has 4 nitrogen and oxygen atoms in total. The van der Waals surface area contributed by atoms with Gasteiger partial charge < -0.3 is 9.30 Å². The third-order valence-corrected chi connectivity index (χ3v) is 4.29. The van der Waals surface area contributed by atoms with Gasteiger partial charge in [-0.25, -0.2) is 9.97 Å². The van der Waals surface area contributed by atoms with Crippen LogP contribution in [0.1, 0.15) is 37.2 Å². The van der Waals surface area contributed by atoms with E-state index in [1.807, 2.05) is 19.1 Å². The van der Waals surface area contributed by atoms with Crippen molar-refractivity contribution in [2.24, 2.45) is 0 Å². The Morgan fingerprint density at radius 3 is 2.86 bits per heavy atom. The van der Waals surface area contributed by atoms with Crippen LogP contribution in [0.3, 0.4) is 0 Å². The van der Waals surface area contributed by atoms with Crippen LogP contribution in [0.4, 0.5) is 0 Å². The second kappa shape index (κ2) is 6.75. The van der Waals surface area contributed by atoms with E-state index in [0.717, 1.165) is 42.3 Å². The first-order chi connectivity index (χ1) is 10.3. The van der Waals surface area contributed by atoms with Gasteiger partial charge in [0, 0.05) is 24.5 Å². The van der Waals surface area contributed by atoms with Crippen molar-refractivity contribution in [1.82, 2.24) is 14.5 Å². The SMILES string of the molecule is Cc1ccc2nc(CCCl)n(CCOC3CCCC3)c2n1. The predicted molar refractivity (Wildman–Crippen MR) is 84.9 cm³/mol. The highest BCUT2D eigenvalue weighted by molar-refractivity contribution is 6.17. The Kier molecular flexibility index (Phi) is 4.76. The van der Waals surface area contributed by atoms with Crippen molar-refractivity contribution in [3.05, 3.63) is 23.7 Å². The summed E-state index contributed by atoms with van der Waals surface area (Å²) in [5.41, 5.74) is 2.91. The number of aromatic nitrogens is 3. The lowest BCUT2D eigenvalue weighted by molar-refractivity contribution is 0.0530. The predicted octanol–water partition coefficient (Wildman–Crippen LogP) is 3.48. The highest BCUT2D eigenvalue weighted by Gasteiger charge is 2.16. The molecular weight excluding hydrogens is 286 g/mol. The molecule has 5 heteroatoms. The molecule has 1 saturated carbocycles. The van der Waals surface area contributed by atoms with Crippen molar-refractivity contribution in [1.29, 1.82) is 0 Å². The molecule has 0 aromatic carbocycles. The number of hydrogen-bond donors (Lipinski definition) is 0. The molecule has 0 N–H and O–H groups in total. The topological polar surface area (TPSA) is 39.9 Å². The molecule has 2 aromatic heterocycles. The number of imidazole rings is 1. The molecule has 0 radical (unpaired) electrons. The van der Waals surface area contributed by atoms with Crippen LogP contribution in [0.5, 0.6) is 0 Å². The van der Waals surface area contributed by atoms with Gasteiger partial charge in [0.2, 0.25) is 0 Å². The monoisotopic (exact) mass is 307 g/mol. The fourth-order valence-corrected chi connectivity index (χ4v) is 3.19. The molecule has 0 atom stereocenters. The Morgan fingerprint density at radius 1 is 1.29 bits per heavy atom. The van der Waals surface area contributed by atoms with E-state index in [1.165, 1.54) is 25.7 Å². The van der Waals surface area contributed by atoms with E-state index in [9.17, 15) is 0 Å². The molecule has 0 saturated heterocycles. The number of alkyl halides is 1. The Bertz CT molecular complexity index is 605. The molecule has 0 spiro atoms. The van der Waals surface area contributed by atoms with Crippen molar-refractivity contribution in [3.63, 3.8) is 0 Å². The highest BCUT2D eigenvalue weighted by Crippen LogP contribution is 2.21. The first-order valence-corrected chi connectivity index (χ1v) is 8.31. The van der Waals surface area contributed by atoms with Gasteiger partial charge in [0.15, 0.2) is 5.65 Å². The van der Waals surface area contributed by atoms with Gasteiger partial charge >= 0.3 is 0 Å². The fourth-order valence-electron chi connectivity index (χ4n) is 3.02. The fraction of sp³-hybridized carbons (Fsp3) is 0.625. The molecule has 1 fully saturated rings. The minimum atomic E-state index is 0.450. The van der Waals surface area contributed by atoms with Crippen LogP contribution in [0.25, 0.3) is 11.2 Å². The number of halogens is 1. The van der Waals surface area contributed by atoms with Crippen LogP contribution in [0.2, 0.25) is 0 Å². The molecule has 1 aliphatic rings. The minimum Gasteiger partial charge on any atom is -0.376 e. The maximum atomic E-state index is 5.98. The van der Waals surface area contributed by atoms with Gasteiger partial charge in [0.1, 0.15) is 11.3 Å². The van der Waals surface area contributed by atoms with Gasteiger partial charge in [-0.15, -0.1) is 11.6 Å². The van der Waals surface area contributed by atoms with E-state index in [0.29, 0.717) is 12.0 Å². The number of aryl methyl sites for hydroxylation is 2. The summed E-state index contributed by atoms with van der Waals surface area (Å²) in [5.74, 6) is 1.58. The molecule has 0 amide bonds. The van der Waals surface area contributed by atoms with Crippen LogP contribution in [-0.4, -0.2) is 33.1 Å². The van der Waals surface area contributed by atoms with Gasteiger partial charge in [-0.3, -0.25) is 0 Å². The number of hydrogen-bond acceptors (Lipinski definition) is 3. The number of nitrogens with zero attached hydrogens (tertiary/aromatic N) is 3. The molecule has 3 rings (SSSR count). The number of fused-ring (bicyclic) bond motifs is 1. The van der Waals surface area contributed by atoms with E-state index < -0.39 is 0 Å². The first kappa shape index (κ1) is 14.8. The second-order valence-corrected chi connectivity index (χ2v) is 6.07.